The number of phenols is 1. The monoisotopic (exact) mass is 426 g/mol. The molecule has 0 aromatic heterocycles. The van der Waals surface area contributed by atoms with E-state index in [1.807, 2.05) is 49.4 Å². The number of nitrogens with zero attached hydrogens (tertiary/aromatic N) is 1. The number of fused-ring (bicyclic) bond motifs is 1. The fraction of sp³-hybridized carbons (Fsp3) is 0.143. The molecule has 0 aliphatic rings. The number of hydrazone groups is 1. The average Bonchev–Trinajstić information content (AvgIpc) is 2.65. The second-order valence-electron chi connectivity index (χ2n) is 6.15. The maximum absolute atomic E-state index is 12.2. The molecule has 5 nitrogen and oxygen atoms in total. The SMILES string of the molecule is Cc1ccc(OC(C)C(=O)N/N=C/c2c(O)ccc3ccccc23)c(Br)c1. The molecule has 1 amide bonds. The Kier molecular flexibility index (Phi) is 5.76. The molecule has 3 aromatic rings. The maximum atomic E-state index is 12.2. The molecule has 27 heavy (non-hydrogen) atoms. The summed E-state index contributed by atoms with van der Waals surface area (Å²) in [6, 6.07) is 16.7. The molecule has 3 rings (SSSR count). The number of carbonyl (C=O) groups excluding carboxylic acids is 1. The molecule has 3 aromatic carbocycles. The normalized spacial score (nSPS) is 12.3. The Morgan fingerprint density at radius 2 is 2.00 bits per heavy atom. The summed E-state index contributed by atoms with van der Waals surface area (Å²) in [4.78, 5) is 12.2. The van der Waals surface area contributed by atoms with Gasteiger partial charge in [0.25, 0.3) is 5.91 Å². The zero-order valence-electron chi connectivity index (χ0n) is 14.9. The summed E-state index contributed by atoms with van der Waals surface area (Å²) in [6.07, 6.45) is 0.701. The van der Waals surface area contributed by atoms with E-state index in [9.17, 15) is 9.90 Å². The molecule has 1 unspecified atom stereocenters. The number of aromatic hydroxyl groups is 1. The van der Waals surface area contributed by atoms with Crippen LogP contribution in [0.4, 0.5) is 0 Å². The van der Waals surface area contributed by atoms with Crippen LogP contribution in [0.5, 0.6) is 11.5 Å². The predicted molar refractivity (Wildman–Crippen MR) is 110 cm³/mol. The highest BCUT2D eigenvalue weighted by Gasteiger charge is 2.15. The molecule has 0 radical (unpaired) electrons. The third kappa shape index (κ3) is 4.46. The van der Waals surface area contributed by atoms with Crippen molar-refractivity contribution < 1.29 is 14.6 Å². The average molecular weight is 427 g/mol. The zero-order chi connectivity index (χ0) is 19.4. The van der Waals surface area contributed by atoms with Gasteiger partial charge in [0.15, 0.2) is 6.10 Å². The standard InChI is InChI=1S/C21H19BrN2O3/c1-13-7-10-20(18(22)11-13)27-14(2)21(26)24-23-12-17-16-6-4-3-5-15(16)8-9-19(17)25/h3-12,14,25H,1-2H3,(H,24,26)/b23-12+. The molecular weight excluding hydrogens is 408 g/mol. The molecule has 0 heterocycles. The van der Waals surface area contributed by atoms with Gasteiger partial charge in [0.2, 0.25) is 0 Å². The zero-order valence-corrected chi connectivity index (χ0v) is 16.5. The smallest absolute Gasteiger partial charge is 0.280 e. The molecular formula is C21H19BrN2O3. The van der Waals surface area contributed by atoms with Crippen LogP contribution in [0.2, 0.25) is 0 Å². The third-order valence-corrected chi connectivity index (χ3v) is 4.70. The molecule has 6 heteroatoms. The van der Waals surface area contributed by atoms with Crippen molar-refractivity contribution in [1.29, 1.82) is 0 Å². The summed E-state index contributed by atoms with van der Waals surface area (Å²) < 4.78 is 6.46. The Bertz CT molecular complexity index is 1020. The fourth-order valence-electron chi connectivity index (χ4n) is 2.62. The number of benzene rings is 3. The summed E-state index contributed by atoms with van der Waals surface area (Å²) in [6.45, 7) is 3.62. The first-order chi connectivity index (χ1) is 13.0. The van der Waals surface area contributed by atoms with Crippen LogP contribution in [0.1, 0.15) is 18.1 Å². The highest BCUT2D eigenvalue weighted by molar-refractivity contribution is 9.10. The van der Waals surface area contributed by atoms with E-state index >= 15 is 0 Å². The molecule has 0 saturated heterocycles. The van der Waals surface area contributed by atoms with Crippen LogP contribution in [0, 0.1) is 6.92 Å². The van der Waals surface area contributed by atoms with Crippen LogP contribution in [0.15, 0.2) is 64.2 Å². The van der Waals surface area contributed by atoms with Crippen molar-refractivity contribution in [2.45, 2.75) is 20.0 Å². The summed E-state index contributed by atoms with van der Waals surface area (Å²) in [7, 11) is 0. The van der Waals surface area contributed by atoms with Gasteiger partial charge in [-0.15, -0.1) is 0 Å². The van der Waals surface area contributed by atoms with Crippen LogP contribution in [0.3, 0.4) is 0 Å². The maximum Gasteiger partial charge on any atom is 0.280 e. The van der Waals surface area contributed by atoms with Gasteiger partial charge in [-0.2, -0.15) is 5.10 Å². The number of phenolic OH excluding ortho intramolecular Hbond substituents is 1. The van der Waals surface area contributed by atoms with Crippen LogP contribution in [-0.2, 0) is 4.79 Å². The van der Waals surface area contributed by atoms with Crippen LogP contribution < -0.4 is 10.2 Å². The fourth-order valence-corrected chi connectivity index (χ4v) is 3.20. The molecule has 0 saturated carbocycles. The summed E-state index contributed by atoms with van der Waals surface area (Å²) in [5.41, 5.74) is 4.09. The molecule has 0 aliphatic heterocycles. The topological polar surface area (TPSA) is 70.9 Å². The Morgan fingerprint density at radius 1 is 1.22 bits per heavy atom. The van der Waals surface area contributed by atoms with Crippen molar-refractivity contribution in [2.24, 2.45) is 5.10 Å². The van der Waals surface area contributed by atoms with E-state index in [0.29, 0.717) is 11.3 Å². The van der Waals surface area contributed by atoms with Gasteiger partial charge < -0.3 is 9.84 Å². The van der Waals surface area contributed by atoms with Crippen LogP contribution in [0.25, 0.3) is 10.8 Å². The Hall–Kier alpha value is -2.86. The summed E-state index contributed by atoms with van der Waals surface area (Å²) in [5.74, 6) is 0.289. The Labute approximate surface area is 165 Å². The Balaban J connectivity index is 1.69. The van der Waals surface area contributed by atoms with E-state index in [-0.39, 0.29) is 5.75 Å². The summed E-state index contributed by atoms with van der Waals surface area (Å²) in [5, 5.41) is 15.9. The van der Waals surface area contributed by atoms with Crippen molar-refractivity contribution in [2.75, 3.05) is 0 Å². The van der Waals surface area contributed by atoms with Gasteiger partial charge in [0.05, 0.1) is 10.7 Å². The molecule has 1 atom stereocenters. The van der Waals surface area contributed by atoms with Crippen LogP contribution in [-0.4, -0.2) is 23.3 Å². The van der Waals surface area contributed by atoms with E-state index in [4.69, 9.17) is 4.74 Å². The Morgan fingerprint density at radius 3 is 2.78 bits per heavy atom. The van der Waals surface area contributed by atoms with Gasteiger partial charge in [-0.3, -0.25) is 4.79 Å². The number of amides is 1. The highest BCUT2D eigenvalue weighted by Crippen LogP contribution is 2.27. The molecule has 0 spiro atoms. The predicted octanol–water partition coefficient (Wildman–Crippen LogP) is 4.53. The second-order valence-corrected chi connectivity index (χ2v) is 7.00. The molecule has 2 N–H and O–H groups in total. The van der Waals surface area contributed by atoms with Crippen molar-refractivity contribution in [3.05, 3.63) is 70.2 Å². The van der Waals surface area contributed by atoms with Crippen molar-refractivity contribution in [1.82, 2.24) is 5.43 Å². The van der Waals surface area contributed by atoms with Crippen molar-refractivity contribution in [3.63, 3.8) is 0 Å². The number of hydrogen-bond acceptors (Lipinski definition) is 4. The highest BCUT2D eigenvalue weighted by atomic mass is 79.9. The quantitative estimate of drug-likeness (QED) is 0.464. The minimum Gasteiger partial charge on any atom is -0.507 e. The van der Waals surface area contributed by atoms with Gasteiger partial charge in [0, 0.05) is 5.56 Å². The first-order valence-corrected chi connectivity index (χ1v) is 9.21. The first-order valence-electron chi connectivity index (χ1n) is 8.42. The minimum absolute atomic E-state index is 0.0968. The number of aryl methyl sites for hydroxylation is 1. The lowest BCUT2D eigenvalue weighted by Gasteiger charge is -2.14. The van der Waals surface area contributed by atoms with Gasteiger partial charge in [-0.25, -0.2) is 5.43 Å². The van der Waals surface area contributed by atoms with Gasteiger partial charge in [-0.05, 0) is 64.3 Å². The summed E-state index contributed by atoms with van der Waals surface area (Å²) >= 11 is 3.42. The lowest BCUT2D eigenvalue weighted by atomic mass is 10.0. The minimum atomic E-state index is -0.734. The number of rotatable bonds is 5. The first kappa shape index (κ1) is 18.9. The van der Waals surface area contributed by atoms with Gasteiger partial charge in [0.1, 0.15) is 11.5 Å². The van der Waals surface area contributed by atoms with Gasteiger partial charge in [-0.1, -0.05) is 36.4 Å². The lowest BCUT2D eigenvalue weighted by molar-refractivity contribution is -0.127. The third-order valence-electron chi connectivity index (χ3n) is 4.08. The van der Waals surface area contributed by atoms with Crippen LogP contribution >= 0.6 is 15.9 Å². The van der Waals surface area contributed by atoms with E-state index in [1.54, 1.807) is 19.1 Å². The van der Waals surface area contributed by atoms with E-state index in [2.05, 4.69) is 26.5 Å². The van der Waals surface area contributed by atoms with E-state index < -0.39 is 12.0 Å². The number of halogens is 1. The van der Waals surface area contributed by atoms with E-state index in [0.717, 1.165) is 20.8 Å². The van der Waals surface area contributed by atoms with Gasteiger partial charge >= 0.3 is 0 Å². The molecule has 0 fully saturated rings. The number of hydrogen-bond donors (Lipinski definition) is 2. The number of carbonyl (C=O) groups is 1. The van der Waals surface area contributed by atoms with Crippen molar-refractivity contribution in [3.8, 4) is 11.5 Å². The molecule has 0 bridgehead atoms. The van der Waals surface area contributed by atoms with Crippen molar-refractivity contribution >= 4 is 38.8 Å². The number of nitrogens with one attached hydrogen (secondary N) is 1. The molecule has 138 valence electrons. The number of ether oxygens (including phenoxy) is 1. The second kappa shape index (κ2) is 8.22. The largest absolute Gasteiger partial charge is 0.507 e. The lowest BCUT2D eigenvalue weighted by Crippen LogP contribution is -2.33. The van der Waals surface area contributed by atoms with E-state index in [1.165, 1.54) is 6.21 Å². The molecule has 0 aliphatic carbocycles.